The fraction of sp³-hybridized carbons (Fsp3) is 0.812. The molecule has 2 fully saturated rings. The van der Waals surface area contributed by atoms with Crippen LogP contribution in [0.1, 0.15) is 32.1 Å². The molecule has 2 N–H and O–H groups in total. The van der Waals surface area contributed by atoms with Crippen molar-refractivity contribution in [2.75, 3.05) is 33.9 Å². The zero-order chi connectivity index (χ0) is 17.7. The number of nitrogens with one attached hydrogen (secondary N) is 1. The lowest BCUT2D eigenvalue weighted by Gasteiger charge is -2.37. The fourth-order valence-corrected chi connectivity index (χ4v) is 3.43. The Labute approximate surface area is 142 Å². The van der Waals surface area contributed by atoms with E-state index in [1.165, 1.54) is 4.90 Å². The molecule has 1 saturated heterocycles. The number of ether oxygens (including phenoxy) is 1. The third-order valence-corrected chi connectivity index (χ3v) is 4.97. The molecule has 1 aliphatic heterocycles. The molecule has 1 aliphatic carbocycles. The van der Waals surface area contributed by atoms with Crippen LogP contribution in [0.25, 0.3) is 0 Å². The molecule has 1 heterocycles. The lowest BCUT2D eigenvalue weighted by Crippen LogP contribution is -2.57. The molecule has 0 spiro atoms. The number of likely N-dealkylation sites (N-methyl/N-ethyl adjacent to an activating group) is 1. The van der Waals surface area contributed by atoms with Gasteiger partial charge in [-0.25, -0.2) is 0 Å². The number of carboxylic acids is 1. The number of hydrogen-bond acceptors (Lipinski definition) is 5. The number of amides is 2. The van der Waals surface area contributed by atoms with Gasteiger partial charge in [0.05, 0.1) is 25.2 Å². The molecule has 136 valence electrons. The average Bonchev–Trinajstić information content (AvgIpc) is 2.55. The highest BCUT2D eigenvalue weighted by Crippen LogP contribution is 2.25. The smallest absolute Gasteiger partial charge is 0.323 e. The van der Waals surface area contributed by atoms with E-state index in [-0.39, 0.29) is 31.4 Å². The number of aliphatic carboxylic acids is 1. The molecule has 0 bridgehead atoms. The van der Waals surface area contributed by atoms with Crippen LogP contribution in [0.15, 0.2) is 0 Å². The summed E-state index contributed by atoms with van der Waals surface area (Å²) in [6, 6.07) is -0.530. The predicted octanol–water partition coefficient (Wildman–Crippen LogP) is -0.117. The number of rotatable bonds is 6. The van der Waals surface area contributed by atoms with Gasteiger partial charge in [0.25, 0.3) is 0 Å². The van der Waals surface area contributed by atoms with Gasteiger partial charge in [0, 0.05) is 13.7 Å². The Bertz CT molecular complexity index is 476. The monoisotopic (exact) mass is 341 g/mol. The lowest BCUT2D eigenvalue weighted by molar-refractivity contribution is -0.152. The van der Waals surface area contributed by atoms with Gasteiger partial charge in [-0.1, -0.05) is 0 Å². The zero-order valence-corrected chi connectivity index (χ0v) is 14.4. The summed E-state index contributed by atoms with van der Waals surface area (Å²) in [6.45, 7) is 0.440. The van der Waals surface area contributed by atoms with Crippen LogP contribution in [-0.2, 0) is 19.1 Å². The molecule has 2 rings (SSSR count). The average molecular weight is 341 g/mol. The number of methoxy groups -OCH3 is 1. The molecular weight excluding hydrogens is 314 g/mol. The molecule has 2 aliphatic rings. The second-order valence-corrected chi connectivity index (χ2v) is 6.73. The second kappa shape index (κ2) is 8.43. The maximum Gasteiger partial charge on any atom is 0.323 e. The fourth-order valence-electron chi connectivity index (χ4n) is 3.43. The van der Waals surface area contributed by atoms with Crippen LogP contribution in [0, 0.1) is 5.92 Å². The Morgan fingerprint density at radius 2 is 1.96 bits per heavy atom. The highest BCUT2D eigenvalue weighted by molar-refractivity contribution is 5.90. The zero-order valence-electron chi connectivity index (χ0n) is 14.4. The minimum absolute atomic E-state index is 0.0199. The van der Waals surface area contributed by atoms with Gasteiger partial charge in [0.1, 0.15) is 6.54 Å². The third-order valence-electron chi connectivity index (χ3n) is 4.97. The van der Waals surface area contributed by atoms with E-state index in [1.807, 2.05) is 0 Å². The number of nitrogens with zero attached hydrogens (tertiary/aromatic N) is 2. The summed E-state index contributed by atoms with van der Waals surface area (Å²) >= 11 is 0. The van der Waals surface area contributed by atoms with Gasteiger partial charge in [-0.15, -0.1) is 0 Å². The number of hydrogen-bond donors (Lipinski definition) is 2. The van der Waals surface area contributed by atoms with Crippen LogP contribution >= 0.6 is 0 Å². The molecule has 2 amide bonds. The van der Waals surface area contributed by atoms with E-state index in [2.05, 4.69) is 5.32 Å². The van der Waals surface area contributed by atoms with Crippen LogP contribution < -0.4 is 5.32 Å². The molecule has 0 unspecified atom stereocenters. The summed E-state index contributed by atoms with van der Waals surface area (Å²) in [5.41, 5.74) is 0. The largest absolute Gasteiger partial charge is 0.480 e. The van der Waals surface area contributed by atoms with E-state index < -0.39 is 12.0 Å². The second-order valence-electron chi connectivity index (χ2n) is 6.73. The van der Waals surface area contributed by atoms with Crippen LogP contribution in [0.3, 0.4) is 0 Å². The summed E-state index contributed by atoms with van der Waals surface area (Å²) in [6.07, 6.45) is 4.45. The van der Waals surface area contributed by atoms with Crippen molar-refractivity contribution in [3.8, 4) is 0 Å². The first kappa shape index (κ1) is 18.7. The summed E-state index contributed by atoms with van der Waals surface area (Å²) < 4.78 is 5.35. The van der Waals surface area contributed by atoms with Gasteiger partial charge in [0.2, 0.25) is 11.8 Å². The topological polar surface area (TPSA) is 99.2 Å². The van der Waals surface area contributed by atoms with Crippen molar-refractivity contribution < 1.29 is 24.2 Å². The van der Waals surface area contributed by atoms with Crippen LogP contribution in [0.2, 0.25) is 0 Å². The standard InChI is InChI=1S/C16H27N3O5/c1-18-10-19(9-15(21)22)14(20)7-13(18)16(23)17-8-11-3-5-12(24-2)6-4-11/h11-13H,3-10H2,1-2H3,(H,17,23)(H,21,22)/t11?,12?,13-/m0/s1. The molecule has 0 radical (unpaired) electrons. The van der Waals surface area contributed by atoms with Crippen LogP contribution in [-0.4, -0.2) is 78.8 Å². The lowest BCUT2D eigenvalue weighted by atomic mass is 9.87. The minimum Gasteiger partial charge on any atom is -0.480 e. The molecular formula is C16H27N3O5. The summed E-state index contributed by atoms with van der Waals surface area (Å²) in [5.74, 6) is -1.05. The van der Waals surface area contributed by atoms with Crippen molar-refractivity contribution in [1.29, 1.82) is 0 Å². The van der Waals surface area contributed by atoms with E-state index in [0.29, 0.717) is 18.6 Å². The third kappa shape index (κ3) is 4.91. The number of carbonyl (C=O) groups is 3. The molecule has 1 atom stereocenters. The Hall–Kier alpha value is -1.67. The van der Waals surface area contributed by atoms with E-state index in [0.717, 1.165) is 25.7 Å². The normalized spacial score (nSPS) is 28.7. The molecule has 8 nitrogen and oxygen atoms in total. The van der Waals surface area contributed by atoms with Gasteiger partial charge in [0.15, 0.2) is 0 Å². The maximum atomic E-state index is 12.4. The Morgan fingerprint density at radius 3 is 2.54 bits per heavy atom. The van der Waals surface area contributed by atoms with Crippen molar-refractivity contribution in [3.63, 3.8) is 0 Å². The Kier molecular flexibility index (Phi) is 6.56. The van der Waals surface area contributed by atoms with Crippen LogP contribution in [0.4, 0.5) is 0 Å². The van der Waals surface area contributed by atoms with Gasteiger partial charge < -0.3 is 20.1 Å². The van der Waals surface area contributed by atoms with Gasteiger partial charge in [-0.05, 0) is 38.6 Å². The van der Waals surface area contributed by atoms with Gasteiger partial charge >= 0.3 is 5.97 Å². The van der Waals surface area contributed by atoms with Gasteiger partial charge in [-0.3, -0.25) is 19.3 Å². The molecule has 24 heavy (non-hydrogen) atoms. The molecule has 0 aromatic heterocycles. The van der Waals surface area contributed by atoms with Crippen molar-refractivity contribution in [3.05, 3.63) is 0 Å². The highest BCUT2D eigenvalue weighted by Gasteiger charge is 2.35. The van der Waals surface area contributed by atoms with Crippen molar-refractivity contribution in [2.45, 2.75) is 44.2 Å². The molecule has 1 saturated carbocycles. The van der Waals surface area contributed by atoms with Gasteiger partial charge in [-0.2, -0.15) is 0 Å². The highest BCUT2D eigenvalue weighted by atomic mass is 16.5. The Balaban J connectivity index is 1.78. The Morgan fingerprint density at radius 1 is 1.29 bits per heavy atom. The summed E-state index contributed by atoms with van der Waals surface area (Å²) in [7, 11) is 3.46. The predicted molar refractivity (Wildman–Crippen MR) is 86.1 cm³/mol. The summed E-state index contributed by atoms with van der Waals surface area (Å²) in [5, 5.41) is 11.8. The molecule has 8 heteroatoms. The van der Waals surface area contributed by atoms with Crippen molar-refractivity contribution >= 4 is 17.8 Å². The van der Waals surface area contributed by atoms with Crippen LogP contribution in [0.5, 0.6) is 0 Å². The first-order chi connectivity index (χ1) is 11.4. The summed E-state index contributed by atoms with van der Waals surface area (Å²) in [4.78, 5) is 38.1. The first-order valence-corrected chi connectivity index (χ1v) is 8.41. The van der Waals surface area contributed by atoms with E-state index in [9.17, 15) is 14.4 Å². The van der Waals surface area contributed by atoms with E-state index in [1.54, 1.807) is 19.1 Å². The number of carboxylic acid groups (broad SMARTS) is 1. The van der Waals surface area contributed by atoms with E-state index in [4.69, 9.17) is 9.84 Å². The molecule has 0 aromatic carbocycles. The van der Waals surface area contributed by atoms with Crippen molar-refractivity contribution in [1.82, 2.24) is 15.1 Å². The maximum absolute atomic E-state index is 12.4. The quantitative estimate of drug-likeness (QED) is 0.699. The SMILES string of the molecule is COC1CCC(CNC(=O)[C@@H]2CC(=O)N(CC(=O)O)CN2C)CC1. The minimum atomic E-state index is -1.05. The number of carbonyl (C=O) groups excluding carboxylic acids is 2. The molecule has 0 aromatic rings. The first-order valence-electron chi connectivity index (χ1n) is 8.41. The van der Waals surface area contributed by atoms with E-state index >= 15 is 0 Å². The van der Waals surface area contributed by atoms with Crippen molar-refractivity contribution in [2.24, 2.45) is 5.92 Å².